The average Bonchev–Trinajstić information content (AvgIpc) is 2.53. The number of rotatable bonds is 5. The maximum absolute atomic E-state index is 13.0. The summed E-state index contributed by atoms with van der Waals surface area (Å²) in [5.41, 5.74) is 1.08. The van der Waals surface area contributed by atoms with E-state index in [1.807, 2.05) is 6.07 Å². The monoisotopic (exact) mass is 299 g/mol. The van der Waals surface area contributed by atoms with Gasteiger partial charge in [-0.25, -0.2) is 9.18 Å². The lowest BCUT2D eigenvalue weighted by molar-refractivity contribution is -0.152. The number of nitriles is 1. The van der Waals surface area contributed by atoms with Gasteiger partial charge < -0.3 is 9.47 Å². The molecule has 2 rings (SSSR count). The van der Waals surface area contributed by atoms with Crippen LogP contribution >= 0.6 is 0 Å². The molecular formula is C17H14FNO3. The highest BCUT2D eigenvalue weighted by Gasteiger charge is 2.16. The van der Waals surface area contributed by atoms with E-state index >= 15 is 0 Å². The number of hydrogen-bond donors (Lipinski definition) is 0. The van der Waals surface area contributed by atoms with Gasteiger partial charge in [0, 0.05) is 0 Å². The summed E-state index contributed by atoms with van der Waals surface area (Å²) in [4.78, 5) is 11.8. The zero-order valence-electron chi connectivity index (χ0n) is 12.0. The molecule has 0 fully saturated rings. The zero-order valence-corrected chi connectivity index (χ0v) is 12.0. The Kier molecular flexibility index (Phi) is 5.10. The molecule has 5 heteroatoms. The lowest BCUT2D eigenvalue weighted by Gasteiger charge is -2.14. The molecule has 0 saturated carbocycles. The highest BCUT2D eigenvalue weighted by atomic mass is 19.1. The van der Waals surface area contributed by atoms with Crippen LogP contribution in [0.25, 0.3) is 0 Å². The average molecular weight is 299 g/mol. The van der Waals surface area contributed by atoms with Gasteiger partial charge in [0.1, 0.15) is 18.2 Å². The van der Waals surface area contributed by atoms with Crippen LogP contribution in [0.1, 0.15) is 18.1 Å². The molecule has 0 heterocycles. The maximum Gasteiger partial charge on any atom is 0.347 e. The summed E-state index contributed by atoms with van der Waals surface area (Å²) in [6.45, 7) is 1.55. The fraction of sp³-hybridized carbons (Fsp3) is 0.176. The van der Waals surface area contributed by atoms with Crippen LogP contribution in [0.4, 0.5) is 4.39 Å². The fourth-order valence-electron chi connectivity index (χ4n) is 1.76. The van der Waals surface area contributed by atoms with Crippen molar-refractivity contribution in [2.24, 2.45) is 0 Å². The van der Waals surface area contributed by atoms with Gasteiger partial charge in [0.05, 0.1) is 11.6 Å². The van der Waals surface area contributed by atoms with Gasteiger partial charge in [-0.15, -0.1) is 0 Å². The number of benzene rings is 2. The van der Waals surface area contributed by atoms with E-state index in [1.165, 1.54) is 12.1 Å². The molecule has 22 heavy (non-hydrogen) atoms. The topological polar surface area (TPSA) is 59.3 Å². The van der Waals surface area contributed by atoms with Crippen LogP contribution in [0.15, 0.2) is 48.5 Å². The first-order chi connectivity index (χ1) is 10.6. The van der Waals surface area contributed by atoms with Crippen LogP contribution in [-0.4, -0.2) is 12.1 Å². The van der Waals surface area contributed by atoms with Crippen molar-refractivity contribution in [3.8, 4) is 11.8 Å². The highest BCUT2D eigenvalue weighted by Crippen LogP contribution is 2.14. The Morgan fingerprint density at radius 1 is 1.27 bits per heavy atom. The fourth-order valence-corrected chi connectivity index (χ4v) is 1.76. The normalized spacial score (nSPS) is 11.3. The third-order valence-corrected chi connectivity index (χ3v) is 2.90. The second-order valence-electron chi connectivity index (χ2n) is 4.63. The summed E-state index contributed by atoms with van der Waals surface area (Å²) >= 11 is 0. The Morgan fingerprint density at radius 3 is 2.64 bits per heavy atom. The molecule has 0 aliphatic rings. The van der Waals surface area contributed by atoms with Gasteiger partial charge in [0.25, 0.3) is 0 Å². The van der Waals surface area contributed by atoms with Crippen molar-refractivity contribution in [1.82, 2.24) is 0 Å². The van der Waals surface area contributed by atoms with Crippen LogP contribution in [0.2, 0.25) is 0 Å². The van der Waals surface area contributed by atoms with E-state index in [9.17, 15) is 9.18 Å². The molecular weight excluding hydrogens is 285 g/mol. The molecule has 0 aliphatic carbocycles. The molecule has 1 atom stereocenters. The lowest BCUT2D eigenvalue weighted by Crippen LogP contribution is -2.26. The molecule has 0 bridgehead atoms. The van der Waals surface area contributed by atoms with Crippen molar-refractivity contribution in [3.05, 3.63) is 65.5 Å². The van der Waals surface area contributed by atoms with Crippen molar-refractivity contribution in [2.75, 3.05) is 0 Å². The van der Waals surface area contributed by atoms with E-state index in [2.05, 4.69) is 0 Å². The number of nitrogens with zero attached hydrogens (tertiary/aromatic N) is 1. The van der Waals surface area contributed by atoms with Crippen LogP contribution in [-0.2, 0) is 16.1 Å². The van der Waals surface area contributed by atoms with E-state index in [1.54, 1.807) is 43.3 Å². The smallest absolute Gasteiger partial charge is 0.347 e. The summed E-state index contributed by atoms with van der Waals surface area (Å²) in [6, 6.07) is 14.2. The SMILES string of the molecule is C[C@H](Oc1ccc(C#N)cc1)C(=O)OCc1cccc(F)c1. The second kappa shape index (κ2) is 7.23. The van der Waals surface area contributed by atoms with Crippen LogP contribution < -0.4 is 4.74 Å². The number of carbonyl (C=O) groups excluding carboxylic acids is 1. The predicted octanol–water partition coefficient (Wildman–Crippen LogP) is 3.21. The highest BCUT2D eigenvalue weighted by molar-refractivity contribution is 5.74. The molecule has 0 saturated heterocycles. The Morgan fingerprint density at radius 2 is 2.00 bits per heavy atom. The standard InChI is InChI=1S/C17H14FNO3/c1-12(22-16-7-5-13(10-19)6-8-16)17(20)21-11-14-3-2-4-15(18)9-14/h2-9,12H,11H2,1H3/t12-/m0/s1. The number of halogens is 1. The van der Waals surface area contributed by atoms with Crippen LogP contribution in [0.5, 0.6) is 5.75 Å². The van der Waals surface area contributed by atoms with E-state index in [0.29, 0.717) is 16.9 Å². The van der Waals surface area contributed by atoms with E-state index < -0.39 is 12.1 Å². The van der Waals surface area contributed by atoms with Crippen LogP contribution in [0.3, 0.4) is 0 Å². The van der Waals surface area contributed by atoms with Gasteiger partial charge in [-0.2, -0.15) is 5.26 Å². The number of carbonyl (C=O) groups is 1. The van der Waals surface area contributed by atoms with Gasteiger partial charge >= 0.3 is 5.97 Å². The van der Waals surface area contributed by atoms with Crippen LogP contribution in [0, 0.1) is 17.1 Å². The molecule has 0 aliphatic heterocycles. The third-order valence-electron chi connectivity index (χ3n) is 2.90. The first-order valence-corrected chi connectivity index (χ1v) is 6.66. The summed E-state index contributed by atoms with van der Waals surface area (Å²) in [5.74, 6) is -0.460. The molecule has 0 spiro atoms. The van der Waals surface area contributed by atoms with Crippen molar-refractivity contribution >= 4 is 5.97 Å². The predicted molar refractivity (Wildman–Crippen MR) is 77.4 cm³/mol. The summed E-state index contributed by atoms with van der Waals surface area (Å²) in [7, 11) is 0. The largest absolute Gasteiger partial charge is 0.479 e. The van der Waals surface area contributed by atoms with Crippen molar-refractivity contribution in [3.63, 3.8) is 0 Å². The molecule has 0 aromatic heterocycles. The van der Waals surface area contributed by atoms with E-state index in [-0.39, 0.29) is 12.4 Å². The quantitative estimate of drug-likeness (QED) is 0.795. The summed E-state index contributed by atoms with van der Waals surface area (Å²) < 4.78 is 23.5. The minimum absolute atomic E-state index is 0.0162. The number of hydrogen-bond acceptors (Lipinski definition) is 4. The van der Waals surface area contributed by atoms with Gasteiger partial charge in [-0.1, -0.05) is 12.1 Å². The molecule has 2 aromatic carbocycles. The van der Waals surface area contributed by atoms with Gasteiger partial charge in [-0.3, -0.25) is 0 Å². The zero-order chi connectivity index (χ0) is 15.9. The first kappa shape index (κ1) is 15.5. The lowest BCUT2D eigenvalue weighted by atomic mass is 10.2. The Bertz CT molecular complexity index is 692. The Hall–Kier alpha value is -2.87. The van der Waals surface area contributed by atoms with E-state index in [4.69, 9.17) is 14.7 Å². The molecule has 0 amide bonds. The van der Waals surface area contributed by atoms with Gasteiger partial charge in [-0.05, 0) is 48.9 Å². The molecule has 4 nitrogen and oxygen atoms in total. The first-order valence-electron chi connectivity index (χ1n) is 6.66. The molecule has 0 radical (unpaired) electrons. The van der Waals surface area contributed by atoms with Gasteiger partial charge in [0.2, 0.25) is 0 Å². The third kappa shape index (κ3) is 4.32. The van der Waals surface area contributed by atoms with E-state index in [0.717, 1.165) is 0 Å². The second-order valence-corrected chi connectivity index (χ2v) is 4.63. The van der Waals surface area contributed by atoms with Crippen molar-refractivity contribution in [2.45, 2.75) is 19.6 Å². The summed E-state index contributed by atoms with van der Waals surface area (Å²) in [5, 5.41) is 8.70. The maximum atomic E-state index is 13.0. The Labute approximate surface area is 127 Å². The van der Waals surface area contributed by atoms with Gasteiger partial charge in [0.15, 0.2) is 6.10 Å². The molecule has 112 valence electrons. The van der Waals surface area contributed by atoms with Crippen molar-refractivity contribution < 1.29 is 18.7 Å². The summed E-state index contributed by atoms with van der Waals surface area (Å²) in [6.07, 6.45) is -0.804. The number of esters is 1. The molecule has 0 N–H and O–H groups in total. The molecule has 0 unspecified atom stereocenters. The van der Waals surface area contributed by atoms with Crippen molar-refractivity contribution in [1.29, 1.82) is 5.26 Å². The number of ether oxygens (including phenoxy) is 2. The molecule has 2 aromatic rings. The minimum Gasteiger partial charge on any atom is -0.479 e. The Balaban J connectivity index is 1.87. The minimum atomic E-state index is -0.804.